The molecule has 1 aromatic carbocycles. The molecule has 1 saturated heterocycles. The minimum absolute atomic E-state index is 0.00143. The summed E-state index contributed by atoms with van der Waals surface area (Å²) in [6, 6.07) is 5.71. The molecule has 0 radical (unpaired) electrons. The van der Waals surface area contributed by atoms with Gasteiger partial charge < -0.3 is 15.5 Å². The number of fused-ring (bicyclic) bond motifs is 1. The molecule has 2 fully saturated rings. The van der Waals surface area contributed by atoms with Crippen molar-refractivity contribution in [2.75, 3.05) is 37.8 Å². The van der Waals surface area contributed by atoms with Gasteiger partial charge in [0.15, 0.2) is 0 Å². The largest absolute Gasteiger partial charge is 0.397 e. The van der Waals surface area contributed by atoms with Gasteiger partial charge in [-0.3, -0.25) is 4.79 Å². The smallest absolute Gasteiger partial charge is 0.253 e. The minimum Gasteiger partial charge on any atom is -0.397 e. The first-order chi connectivity index (χ1) is 9.56. The van der Waals surface area contributed by atoms with Gasteiger partial charge in [-0.05, 0) is 42.9 Å². The maximum absolute atomic E-state index is 11.9. The predicted octanol–water partition coefficient (Wildman–Crippen LogP) is 2.21. The second-order valence-corrected chi connectivity index (χ2v) is 6.33. The molecule has 4 heteroatoms. The average Bonchev–Trinajstić information content (AvgIpc) is 2.98. The number of amides is 1. The van der Waals surface area contributed by atoms with Gasteiger partial charge in [-0.15, -0.1) is 0 Å². The van der Waals surface area contributed by atoms with E-state index in [0.29, 0.717) is 5.56 Å². The summed E-state index contributed by atoms with van der Waals surface area (Å²) in [6.07, 6.45) is 4.10. The third-order valence-corrected chi connectivity index (χ3v) is 4.75. The Morgan fingerprint density at radius 1 is 1.25 bits per heavy atom. The summed E-state index contributed by atoms with van der Waals surface area (Å²) in [5.74, 6) is 1.69. The van der Waals surface area contributed by atoms with E-state index in [1.54, 1.807) is 19.0 Å². The lowest BCUT2D eigenvalue weighted by Gasteiger charge is -2.22. The third kappa shape index (κ3) is 2.23. The summed E-state index contributed by atoms with van der Waals surface area (Å²) in [5, 5.41) is 0. The van der Waals surface area contributed by atoms with E-state index >= 15 is 0 Å². The summed E-state index contributed by atoms with van der Waals surface area (Å²) < 4.78 is 0. The molecule has 2 unspecified atom stereocenters. The fourth-order valence-corrected chi connectivity index (χ4v) is 3.67. The number of carbonyl (C=O) groups is 1. The lowest BCUT2D eigenvalue weighted by atomic mass is 10.0. The molecule has 108 valence electrons. The molecule has 2 aliphatic rings. The third-order valence-electron chi connectivity index (χ3n) is 4.75. The first-order valence-electron chi connectivity index (χ1n) is 7.42. The van der Waals surface area contributed by atoms with Gasteiger partial charge in [-0.1, -0.05) is 6.42 Å². The van der Waals surface area contributed by atoms with Gasteiger partial charge in [-0.2, -0.15) is 0 Å². The van der Waals surface area contributed by atoms with Gasteiger partial charge in [-0.25, -0.2) is 0 Å². The van der Waals surface area contributed by atoms with E-state index in [4.69, 9.17) is 5.73 Å². The number of nitrogen functional groups attached to an aromatic ring is 1. The maximum Gasteiger partial charge on any atom is 0.253 e. The first-order valence-corrected chi connectivity index (χ1v) is 7.42. The fraction of sp³-hybridized carbons (Fsp3) is 0.562. The van der Waals surface area contributed by atoms with Crippen molar-refractivity contribution in [3.63, 3.8) is 0 Å². The van der Waals surface area contributed by atoms with E-state index in [-0.39, 0.29) is 5.91 Å². The van der Waals surface area contributed by atoms with Crippen molar-refractivity contribution in [2.24, 2.45) is 11.8 Å². The number of nitrogens with zero attached hydrogens (tertiary/aromatic N) is 2. The highest BCUT2D eigenvalue weighted by molar-refractivity contribution is 5.95. The molecule has 1 aliphatic carbocycles. The van der Waals surface area contributed by atoms with Crippen molar-refractivity contribution in [2.45, 2.75) is 19.3 Å². The van der Waals surface area contributed by atoms with E-state index in [0.717, 1.165) is 36.3 Å². The van der Waals surface area contributed by atoms with Crippen molar-refractivity contribution in [1.82, 2.24) is 4.90 Å². The van der Waals surface area contributed by atoms with Gasteiger partial charge in [0.2, 0.25) is 0 Å². The van der Waals surface area contributed by atoms with Crippen LogP contribution < -0.4 is 10.6 Å². The fourth-order valence-electron chi connectivity index (χ4n) is 3.67. The van der Waals surface area contributed by atoms with Crippen LogP contribution in [0.25, 0.3) is 0 Å². The molecule has 0 spiro atoms. The molecule has 1 saturated carbocycles. The molecular weight excluding hydrogens is 250 g/mol. The van der Waals surface area contributed by atoms with Crippen molar-refractivity contribution < 1.29 is 4.79 Å². The van der Waals surface area contributed by atoms with Gasteiger partial charge in [0, 0.05) is 32.7 Å². The number of nitrogens with two attached hydrogens (primary N) is 1. The Balaban J connectivity index is 1.80. The molecule has 1 aliphatic heterocycles. The zero-order valence-electron chi connectivity index (χ0n) is 12.3. The predicted molar refractivity (Wildman–Crippen MR) is 81.9 cm³/mol. The van der Waals surface area contributed by atoms with Crippen LogP contribution in [-0.2, 0) is 0 Å². The highest BCUT2D eigenvalue weighted by atomic mass is 16.2. The number of hydrogen-bond acceptors (Lipinski definition) is 3. The molecule has 4 nitrogen and oxygen atoms in total. The second kappa shape index (κ2) is 5.00. The highest BCUT2D eigenvalue weighted by Gasteiger charge is 2.36. The highest BCUT2D eigenvalue weighted by Crippen LogP contribution is 2.40. The Hall–Kier alpha value is -1.71. The van der Waals surface area contributed by atoms with Gasteiger partial charge in [0.25, 0.3) is 5.91 Å². The van der Waals surface area contributed by atoms with Crippen molar-refractivity contribution in [3.8, 4) is 0 Å². The van der Waals surface area contributed by atoms with E-state index in [2.05, 4.69) is 4.90 Å². The summed E-state index contributed by atoms with van der Waals surface area (Å²) in [4.78, 5) is 15.9. The number of rotatable bonds is 2. The SMILES string of the molecule is CN(C)C(=O)c1ccc(N2CC3CCCC3C2)c(N)c1. The Morgan fingerprint density at radius 2 is 1.90 bits per heavy atom. The molecule has 3 rings (SSSR count). The monoisotopic (exact) mass is 273 g/mol. The standard InChI is InChI=1S/C16H23N3O/c1-18(2)16(20)11-6-7-15(14(17)8-11)19-9-12-4-3-5-13(12)10-19/h6-8,12-13H,3-5,9-10,17H2,1-2H3. The molecule has 2 N–H and O–H groups in total. The molecule has 0 bridgehead atoms. The van der Waals surface area contributed by atoms with Crippen molar-refractivity contribution >= 4 is 17.3 Å². The van der Waals surface area contributed by atoms with Crippen LogP contribution in [0.4, 0.5) is 11.4 Å². The average molecular weight is 273 g/mol. The zero-order valence-corrected chi connectivity index (χ0v) is 12.3. The number of benzene rings is 1. The van der Waals surface area contributed by atoms with Crippen LogP contribution in [-0.4, -0.2) is 38.0 Å². The molecule has 20 heavy (non-hydrogen) atoms. The lowest BCUT2D eigenvalue weighted by Crippen LogP contribution is -2.24. The van der Waals surface area contributed by atoms with Crippen LogP contribution in [0.1, 0.15) is 29.6 Å². The number of carbonyl (C=O) groups excluding carboxylic acids is 1. The van der Waals surface area contributed by atoms with E-state index in [1.807, 2.05) is 18.2 Å². The second-order valence-electron chi connectivity index (χ2n) is 6.33. The Kier molecular flexibility index (Phi) is 3.32. The number of anilines is 2. The summed E-state index contributed by atoms with van der Waals surface area (Å²) in [7, 11) is 3.52. The molecule has 1 aromatic rings. The van der Waals surface area contributed by atoms with Gasteiger partial charge >= 0.3 is 0 Å². The zero-order chi connectivity index (χ0) is 14.3. The topological polar surface area (TPSA) is 49.6 Å². The van der Waals surface area contributed by atoms with Crippen LogP contribution in [0.2, 0.25) is 0 Å². The van der Waals surface area contributed by atoms with Crippen LogP contribution in [0.15, 0.2) is 18.2 Å². The minimum atomic E-state index is 0.00143. The van der Waals surface area contributed by atoms with Crippen LogP contribution in [0, 0.1) is 11.8 Å². The molecule has 0 aromatic heterocycles. The van der Waals surface area contributed by atoms with E-state index in [9.17, 15) is 4.79 Å². The first kappa shape index (κ1) is 13.3. The molecular formula is C16H23N3O. The van der Waals surface area contributed by atoms with Crippen LogP contribution in [0.3, 0.4) is 0 Å². The summed E-state index contributed by atoms with van der Waals surface area (Å²) >= 11 is 0. The van der Waals surface area contributed by atoms with E-state index < -0.39 is 0 Å². The van der Waals surface area contributed by atoms with Crippen molar-refractivity contribution in [3.05, 3.63) is 23.8 Å². The maximum atomic E-state index is 11.9. The normalized spacial score (nSPS) is 24.8. The Bertz CT molecular complexity index is 514. The van der Waals surface area contributed by atoms with E-state index in [1.165, 1.54) is 19.3 Å². The van der Waals surface area contributed by atoms with Crippen molar-refractivity contribution in [1.29, 1.82) is 0 Å². The van der Waals surface area contributed by atoms with Gasteiger partial charge in [0.1, 0.15) is 0 Å². The summed E-state index contributed by atoms with van der Waals surface area (Å²) in [5.41, 5.74) is 8.65. The molecule has 1 heterocycles. The lowest BCUT2D eigenvalue weighted by molar-refractivity contribution is 0.0827. The Labute approximate surface area is 120 Å². The quantitative estimate of drug-likeness (QED) is 0.840. The van der Waals surface area contributed by atoms with Gasteiger partial charge in [0.05, 0.1) is 11.4 Å². The Morgan fingerprint density at radius 3 is 2.45 bits per heavy atom. The van der Waals surface area contributed by atoms with Crippen LogP contribution in [0.5, 0.6) is 0 Å². The summed E-state index contributed by atoms with van der Waals surface area (Å²) in [6.45, 7) is 2.24. The molecule has 2 atom stereocenters. The number of hydrogen-bond donors (Lipinski definition) is 1. The molecule has 1 amide bonds. The van der Waals surface area contributed by atoms with Crippen LogP contribution >= 0.6 is 0 Å².